The van der Waals surface area contributed by atoms with Crippen LogP contribution in [0.15, 0.2) is 60.8 Å². The highest BCUT2D eigenvalue weighted by atomic mass is 19.4. The van der Waals surface area contributed by atoms with E-state index < -0.39 is 29.6 Å². The minimum atomic E-state index is -4.44. The van der Waals surface area contributed by atoms with Crippen LogP contribution in [0.4, 0.5) is 17.6 Å². The van der Waals surface area contributed by atoms with E-state index >= 15 is 0 Å². The summed E-state index contributed by atoms with van der Waals surface area (Å²) in [6.07, 6.45) is -4.01. The van der Waals surface area contributed by atoms with Crippen molar-refractivity contribution in [3.05, 3.63) is 77.9 Å². The van der Waals surface area contributed by atoms with Gasteiger partial charge in [0.15, 0.2) is 5.69 Å². The number of aliphatic hydroxyl groups is 1. The molecular formula is C21H19F4N3O3. The number of halogens is 4. The maximum Gasteiger partial charge on any atom is 0.416 e. The monoisotopic (exact) mass is 437 g/mol. The Labute approximate surface area is 175 Å². The van der Waals surface area contributed by atoms with E-state index in [1.165, 1.54) is 47.1 Å². The number of aromatic nitrogens is 2. The van der Waals surface area contributed by atoms with Crippen molar-refractivity contribution in [2.75, 3.05) is 20.2 Å². The van der Waals surface area contributed by atoms with E-state index in [4.69, 9.17) is 4.74 Å². The van der Waals surface area contributed by atoms with Crippen molar-refractivity contribution in [2.24, 2.45) is 0 Å². The van der Waals surface area contributed by atoms with E-state index in [1.54, 1.807) is 6.07 Å². The molecule has 3 rings (SSSR count). The highest BCUT2D eigenvalue weighted by Crippen LogP contribution is 2.30. The van der Waals surface area contributed by atoms with Crippen LogP contribution in [0.3, 0.4) is 0 Å². The number of amides is 1. The lowest BCUT2D eigenvalue weighted by Crippen LogP contribution is -2.37. The van der Waals surface area contributed by atoms with E-state index in [2.05, 4.69) is 5.10 Å². The number of carbonyl (C=O) groups is 1. The van der Waals surface area contributed by atoms with E-state index in [-0.39, 0.29) is 24.6 Å². The fourth-order valence-electron chi connectivity index (χ4n) is 2.78. The minimum absolute atomic E-state index is 0.0910. The van der Waals surface area contributed by atoms with Crippen molar-refractivity contribution in [1.82, 2.24) is 14.7 Å². The SMILES string of the molecule is CN(C[C@@H](O)COc1ccc(C(F)(F)F)cc1)C(=O)c1ccn(-c2cccc(F)c2)n1. The number of benzene rings is 2. The number of alkyl halides is 3. The molecule has 0 unspecified atom stereocenters. The van der Waals surface area contributed by atoms with Gasteiger partial charge in [-0.3, -0.25) is 4.79 Å². The van der Waals surface area contributed by atoms with Gasteiger partial charge in [-0.2, -0.15) is 18.3 Å². The Morgan fingerprint density at radius 2 is 1.90 bits per heavy atom. The average Bonchev–Trinajstić information content (AvgIpc) is 3.21. The number of carbonyl (C=O) groups excluding carboxylic acids is 1. The fourth-order valence-corrected chi connectivity index (χ4v) is 2.78. The third-order valence-electron chi connectivity index (χ3n) is 4.34. The molecule has 0 aliphatic carbocycles. The van der Waals surface area contributed by atoms with Crippen LogP contribution in [0, 0.1) is 5.82 Å². The minimum Gasteiger partial charge on any atom is -0.491 e. The van der Waals surface area contributed by atoms with Gasteiger partial charge < -0.3 is 14.7 Å². The number of likely N-dealkylation sites (N-methyl/N-ethyl adjacent to an activating group) is 1. The molecule has 0 saturated heterocycles. The summed E-state index contributed by atoms with van der Waals surface area (Å²) in [5, 5.41) is 14.2. The summed E-state index contributed by atoms with van der Waals surface area (Å²) in [4.78, 5) is 13.8. The van der Waals surface area contributed by atoms with Gasteiger partial charge in [0.1, 0.15) is 24.3 Å². The zero-order valence-electron chi connectivity index (χ0n) is 16.4. The van der Waals surface area contributed by atoms with Crippen LogP contribution in [0.5, 0.6) is 5.75 Å². The third-order valence-corrected chi connectivity index (χ3v) is 4.34. The van der Waals surface area contributed by atoms with Crippen molar-refractivity contribution in [3.63, 3.8) is 0 Å². The van der Waals surface area contributed by atoms with Crippen molar-refractivity contribution in [3.8, 4) is 11.4 Å². The first-order valence-electron chi connectivity index (χ1n) is 9.18. The second-order valence-electron chi connectivity index (χ2n) is 6.80. The van der Waals surface area contributed by atoms with Crippen LogP contribution in [0.25, 0.3) is 5.69 Å². The molecule has 164 valence electrons. The van der Waals surface area contributed by atoms with Crippen molar-refractivity contribution in [1.29, 1.82) is 0 Å². The Balaban J connectivity index is 1.53. The maximum absolute atomic E-state index is 13.4. The molecule has 0 bridgehead atoms. The summed E-state index contributed by atoms with van der Waals surface area (Å²) in [6.45, 7) is -0.312. The van der Waals surface area contributed by atoms with Crippen LogP contribution < -0.4 is 4.74 Å². The molecule has 1 N–H and O–H groups in total. The van der Waals surface area contributed by atoms with E-state index in [9.17, 15) is 27.5 Å². The molecule has 0 aliphatic rings. The van der Waals surface area contributed by atoms with E-state index in [1.807, 2.05) is 0 Å². The highest BCUT2D eigenvalue weighted by Gasteiger charge is 2.30. The predicted molar refractivity (Wildman–Crippen MR) is 103 cm³/mol. The largest absolute Gasteiger partial charge is 0.491 e. The molecule has 2 aromatic carbocycles. The molecular weight excluding hydrogens is 418 g/mol. The molecule has 10 heteroatoms. The Kier molecular flexibility index (Phi) is 6.59. The molecule has 1 heterocycles. The van der Waals surface area contributed by atoms with Crippen molar-refractivity contribution < 1.29 is 32.2 Å². The fraction of sp³-hybridized carbons (Fsp3) is 0.238. The van der Waals surface area contributed by atoms with Crippen LogP contribution in [-0.2, 0) is 6.18 Å². The van der Waals surface area contributed by atoms with Crippen molar-refractivity contribution >= 4 is 5.91 Å². The molecule has 1 aromatic heterocycles. The highest BCUT2D eigenvalue weighted by molar-refractivity contribution is 5.92. The molecule has 0 aliphatic heterocycles. The number of ether oxygens (including phenoxy) is 1. The number of hydrogen-bond donors (Lipinski definition) is 1. The standard InChI is InChI=1S/C21H19F4N3O3/c1-27(12-17(29)13-31-18-7-5-14(6-8-18)21(23,24)25)20(30)19-9-10-28(26-19)16-4-2-3-15(22)11-16/h2-11,17,29H,12-13H2,1H3/t17-/m1/s1. The first-order chi connectivity index (χ1) is 14.6. The summed E-state index contributed by atoms with van der Waals surface area (Å²) >= 11 is 0. The first kappa shape index (κ1) is 22.3. The number of rotatable bonds is 7. The molecule has 6 nitrogen and oxygen atoms in total. The first-order valence-corrected chi connectivity index (χ1v) is 9.18. The molecule has 1 atom stereocenters. The molecule has 1 amide bonds. The predicted octanol–water partition coefficient (Wildman–Crippen LogP) is 3.54. The average molecular weight is 437 g/mol. The van der Waals surface area contributed by atoms with Gasteiger partial charge in [-0.1, -0.05) is 6.07 Å². The molecule has 3 aromatic rings. The zero-order valence-corrected chi connectivity index (χ0v) is 16.4. The topological polar surface area (TPSA) is 67.6 Å². The van der Waals surface area contributed by atoms with Crippen molar-refractivity contribution in [2.45, 2.75) is 12.3 Å². The molecule has 31 heavy (non-hydrogen) atoms. The summed E-state index contributed by atoms with van der Waals surface area (Å²) in [7, 11) is 1.46. The zero-order chi connectivity index (χ0) is 22.6. The lowest BCUT2D eigenvalue weighted by Gasteiger charge is -2.20. The quantitative estimate of drug-likeness (QED) is 0.575. The summed E-state index contributed by atoms with van der Waals surface area (Å²) in [5.74, 6) is -0.743. The van der Waals surface area contributed by atoms with Gasteiger partial charge in [-0.25, -0.2) is 9.07 Å². The van der Waals surface area contributed by atoms with Gasteiger partial charge in [-0.05, 0) is 48.5 Å². The number of aliphatic hydroxyl groups excluding tert-OH is 1. The van der Waals surface area contributed by atoms with Gasteiger partial charge in [0.2, 0.25) is 0 Å². The van der Waals surface area contributed by atoms with Gasteiger partial charge in [0, 0.05) is 19.8 Å². The normalized spacial score (nSPS) is 12.5. The smallest absolute Gasteiger partial charge is 0.416 e. The lowest BCUT2D eigenvalue weighted by atomic mass is 10.2. The van der Waals surface area contributed by atoms with E-state index in [0.717, 1.165) is 24.3 Å². The van der Waals surface area contributed by atoms with Gasteiger partial charge in [0.05, 0.1) is 11.3 Å². The van der Waals surface area contributed by atoms with Crippen LogP contribution in [-0.4, -0.2) is 52.0 Å². The number of hydrogen-bond acceptors (Lipinski definition) is 4. The third kappa shape index (κ3) is 5.82. The molecule has 0 saturated carbocycles. The summed E-state index contributed by atoms with van der Waals surface area (Å²) in [6, 6.07) is 11.3. The lowest BCUT2D eigenvalue weighted by molar-refractivity contribution is -0.137. The molecule has 0 spiro atoms. The molecule has 0 radical (unpaired) electrons. The Hall–Kier alpha value is -3.40. The summed E-state index contributed by atoms with van der Waals surface area (Å²) < 4.78 is 57.7. The van der Waals surface area contributed by atoms with Gasteiger partial charge in [0.25, 0.3) is 5.91 Å². The second kappa shape index (κ2) is 9.17. The maximum atomic E-state index is 13.4. The van der Waals surface area contributed by atoms with E-state index in [0.29, 0.717) is 5.69 Å². The van der Waals surface area contributed by atoms with Crippen LogP contribution >= 0.6 is 0 Å². The number of nitrogens with zero attached hydrogens (tertiary/aromatic N) is 3. The van der Waals surface area contributed by atoms with Gasteiger partial charge in [-0.15, -0.1) is 0 Å². The Morgan fingerprint density at radius 1 is 1.19 bits per heavy atom. The Bertz CT molecular complexity index is 1030. The molecule has 0 fully saturated rings. The van der Waals surface area contributed by atoms with Gasteiger partial charge >= 0.3 is 6.18 Å². The summed E-state index contributed by atoms with van der Waals surface area (Å²) in [5.41, 5.74) is -0.252. The second-order valence-corrected chi connectivity index (χ2v) is 6.80. The van der Waals surface area contributed by atoms with Crippen LogP contribution in [0.2, 0.25) is 0 Å². The Morgan fingerprint density at radius 3 is 2.55 bits per heavy atom. The van der Waals surface area contributed by atoms with Crippen LogP contribution in [0.1, 0.15) is 16.1 Å².